The molecule has 1 spiro atoms. The van der Waals surface area contributed by atoms with E-state index in [1.807, 2.05) is 0 Å². The lowest BCUT2D eigenvalue weighted by molar-refractivity contribution is -0.198. The molecule has 0 radical (unpaired) electrons. The Morgan fingerprint density at radius 3 is 1.93 bits per heavy atom. The van der Waals surface area contributed by atoms with Crippen molar-refractivity contribution in [2.45, 2.75) is 76.3 Å². The van der Waals surface area contributed by atoms with Crippen LogP contribution in [0.2, 0.25) is 0 Å². The Kier molecular flexibility index (Phi) is 2.52. The van der Waals surface area contributed by atoms with Gasteiger partial charge >= 0.3 is 0 Å². The summed E-state index contributed by atoms with van der Waals surface area (Å²) in [6, 6.07) is 0. The zero-order valence-corrected chi connectivity index (χ0v) is 9.71. The quantitative estimate of drug-likeness (QED) is 0.611. The fourth-order valence-corrected chi connectivity index (χ4v) is 3.35. The van der Waals surface area contributed by atoms with Crippen LogP contribution in [-0.2, 0) is 9.47 Å². The lowest BCUT2D eigenvalue weighted by Gasteiger charge is -2.34. The molecule has 2 heteroatoms. The second kappa shape index (κ2) is 3.74. The highest BCUT2D eigenvalue weighted by Crippen LogP contribution is 2.45. The first kappa shape index (κ1) is 10.1. The summed E-state index contributed by atoms with van der Waals surface area (Å²) < 4.78 is 12.4. The molecule has 1 aliphatic heterocycles. The van der Waals surface area contributed by atoms with Crippen molar-refractivity contribution >= 4 is 0 Å². The molecule has 2 saturated carbocycles. The van der Waals surface area contributed by atoms with Crippen molar-refractivity contribution in [3.05, 3.63) is 0 Å². The van der Waals surface area contributed by atoms with Crippen LogP contribution < -0.4 is 0 Å². The van der Waals surface area contributed by atoms with Crippen molar-refractivity contribution in [2.24, 2.45) is 5.92 Å². The summed E-state index contributed by atoms with van der Waals surface area (Å²) in [5.41, 5.74) is 0. The zero-order chi connectivity index (χ0) is 10.3. The normalized spacial score (nSPS) is 50.6. The number of rotatable bonds is 0. The van der Waals surface area contributed by atoms with E-state index in [2.05, 4.69) is 6.92 Å². The molecule has 2 atom stereocenters. The molecule has 3 fully saturated rings. The van der Waals surface area contributed by atoms with Gasteiger partial charge in [-0.15, -0.1) is 0 Å². The molecule has 1 saturated heterocycles. The Morgan fingerprint density at radius 2 is 1.40 bits per heavy atom. The summed E-state index contributed by atoms with van der Waals surface area (Å²) in [7, 11) is 0. The monoisotopic (exact) mass is 210 g/mol. The highest BCUT2D eigenvalue weighted by molar-refractivity contribution is 4.90. The molecule has 0 aromatic carbocycles. The Morgan fingerprint density at radius 1 is 0.867 bits per heavy atom. The molecule has 2 unspecified atom stereocenters. The van der Waals surface area contributed by atoms with Gasteiger partial charge in [0.15, 0.2) is 5.79 Å². The van der Waals surface area contributed by atoms with E-state index in [1.54, 1.807) is 0 Å². The summed E-state index contributed by atoms with van der Waals surface area (Å²) in [5, 5.41) is 0. The molecular formula is C13H22O2. The molecule has 2 nitrogen and oxygen atoms in total. The Bertz CT molecular complexity index is 215. The van der Waals surface area contributed by atoms with E-state index in [9.17, 15) is 0 Å². The summed E-state index contributed by atoms with van der Waals surface area (Å²) in [6.07, 6.45) is 10.8. The maximum Gasteiger partial charge on any atom is 0.169 e. The molecule has 15 heavy (non-hydrogen) atoms. The average molecular weight is 210 g/mol. The van der Waals surface area contributed by atoms with Gasteiger partial charge in [-0.1, -0.05) is 19.8 Å². The van der Waals surface area contributed by atoms with Crippen LogP contribution in [0.4, 0.5) is 0 Å². The van der Waals surface area contributed by atoms with Gasteiger partial charge in [0.25, 0.3) is 0 Å². The van der Waals surface area contributed by atoms with E-state index >= 15 is 0 Å². The molecular weight excluding hydrogens is 188 g/mol. The maximum atomic E-state index is 6.22. The largest absolute Gasteiger partial charge is 0.344 e. The third-order valence-corrected chi connectivity index (χ3v) is 4.41. The number of ether oxygens (including phenoxy) is 2. The third kappa shape index (κ3) is 1.83. The van der Waals surface area contributed by atoms with Crippen molar-refractivity contribution in [1.29, 1.82) is 0 Å². The molecule has 0 aromatic heterocycles. The summed E-state index contributed by atoms with van der Waals surface area (Å²) >= 11 is 0. The van der Waals surface area contributed by atoms with Crippen LogP contribution in [0.15, 0.2) is 0 Å². The van der Waals surface area contributed by atoms with E-state index in [4.69, 9.17) is 9.47 Å². The van der Waals surface area contributed by atoms with Crippen LogP contribution in [0.1, 0.15) is 58.3 Å². The predicted molar refractivity (Wildman–Crippen MR) is 58.6 cm³/mol. The molecule has 2 aliphatic carbocycles. The molecule has 1 heterocycles. The van der Waals surface area contributed by atoms with E-state index in [0.29, 0.717) is 12.2 Å². The molecule has 0 N–H and O–H groups in total. The minimum Gasteiger partial charge on any atom is -0.344 e. The van der Waals surface area contributed by atoms with E-state index in [-0.39, 0.29) is 5.79 Å². The second-order valence-electron chi connectivity index (χ2n) is 5.69. The molecule has 0 bridgehead atoms. The zero-order valence-electron chi connectivity index (χ0n) is 9.71. The first-order valence-corrected chi connectivity index (χ1v) is 6.63. The van der Waals surface area contributed by atoms with Crippen LogP contribution in [0.3, 0.4) is 0 Å². The Hall–Kier alpha value is -0.0800. The van der Waals surface area contributed by atoms with Gasteiger partial charge < -0.3 is 9.47 Å². The summed E-state index contributed by atoms with van der Waals surface area (Å²) in [4.78, 5) is 0. The molecule has 3 rings (SSSR count). The maximum absolute atomic E-state index is 6.22. The van der Waals surface area contributed by atoms with E-state index < -0.39 is 0 Å². The molecule has 0 aromatic rings. The first-order valence-electron chi connectivity index (χ1n) is 6.63. The van der Waals surface area contributed by atoms with Gasteiger partial charge in [0, 0.05) is 12.8 Å². The third-order valence-electron chi connectivity index (χ3n) is 4.41. The van der Waals surface area contributed by atoms with Gasteiger partial charge in [-0.2, -0.15) is 0 Å². The van der Waals surface area contributed by atoms with Crippen LogP contribution >= 0.6 is 0 Å². The lowest BCUT2D eigenvalue weighted by Crippen LogP contribution is -2.35. The standard InChI is InChI=1S/C13H22O2/c1-10-6-8-13(9-7-10)14-11-4-2-3-5-12(11)15-13/h10-12H,2-9H2,1H3. The number of hydrogen-bond donors (Lipinski definition) is 0. The molecule has 3 aliphatic rings. The van der Waals surface area contributed by atoms with Crippen molar-refractivity contribution < 1.29 is 9.47 Å². The smallest absolute Gasteiger partial charge is 0.169 e. The van der Waals surface area contributed by atoms with Crippen molar-refractivity contribution in [3.8, 4) is 0 Å². The van der Waals surface area contributed by atoms with Gasteiger partial charge in [-0.3, -0.25) is 0 Å². The van der Waals surface area contributed by atoms with E-state index in [0.717, 1.165) is 18.8 Å². The highest BCUT2D eigenvalue weighted by Gasteiger charge is 2.48. The van der Waals surface area contributed by atoms with Gasteiger partial charge in [-0.25, -0.2) is 0 Å². The highest BCUT2D eigenvalue weighted by atomic mass is 16.8. The molecule has 0 amide bonds. The minimum absolute atomic E-state index is 0.161. The predicted octanol–water partition coefficient (Wildman–Crippen LogP) is 3.25. The average Bonchev–Trinajstić information content (AvgIpc) is 2.61. The van der Waals surface area contributed by atoms with Crippen LogP contribution in [0, 0.1) is 5.92 Å². The Labute approximate surface area is 92.3 Å². The fourth-order valence-electron chi connectivity index (χ4n) is 3.35. The van der Waals surface area contributed by atoms with Crippen LogP contribution in [0.5, 0.6) is 0 Å². The van der Waals surface area contributed by atoms with Gasteiger partial charge in [0.1, 0.15) is 0 Å². The van der Waals surface area contributed by atoms with Crippen molar-refractivity contribution in [3.63, 3.8) is 0 Å². The Balaban J connectivity index is 1.68. The van der Waals surface area contributed by atoms with Crippen LogP contribution in [-0.4, -0.2) is 18.0 Å². The number of fused-ring (bicyclic) bond motifs is 1. The topological polar surface area (TPSA) is 18.5 Å². The summed E-state index contributed by atoms with van der Waals surface area (Å²) in [5.74, 6) is 0.706. The van der Waals surface area contributed by atoms with Gasteiger partial charge in [-0.05, 0) is 31.6 Å². The van der Waals surface area contributed by atoms with Crippen LogP contribution in [0.25, 0.3) is 0 Å². The summed E-state index contributed by atoms with van der Waals surface area (Å²) in [6.45, 7) is 2.34. The fraction of sp³-hybridized carbons (Fsp3) is 1.00. The minimum atomic E-state index is -0.161. The SMILES string of the molecule is CC1CCC2(CC1)OC1CCCCC1O2. The van der Waals surface area contributed by atoms with E-state index in [1.165, 1.54) is 38.5 Å². The van der Waals surface area contributed by atoms with Gasteiger partial charge in [0.05, 0.1) is 12.2 Å². The molecule has 86 valence electrons. The second-order valence-corrected chi connectivity index (χ2v) is 5.69. The van der Waals surface area contributed by atoms with Crippen molar-refractivity contribution in [2.75, 3.05) is 0 Å². The number of hydrogen-bond acceptors (Lipinski definition) is 2. The van der Waals surface area contributed by atoms with Crippen molar-refractivity contribution in [1.82, 2.24) is 0 Å². The first-order chi connectivity index (χ1) is 7.27. The lowest BCUT2D eigenvalue weighted by atomic mass is 9.86. The van der Waals surface area contributed by atoms with Gasteiger partial charge in [0.2, 0.25) is 0 Å².